The zero-order chi connectivity index (χ0) is 25.2. The first-order valence-electron chi connectivity index (χ1n) is 11.1. The average molecular weight is 480 g/mol. The Morgan fingerprint density at radius 1 is 0.829 bits per heavy atom. The van der Waals surface area contributed by atoms with Crippen molar-refractivity contribution in [3.05, 3.63) is 83.4 Å². The lowest BCUT2D eigenvalue weighted by atomic mass is 10.1. The predicted molar refractivity (Wildman–Crippen MR) is 130 cm³/mol. The highest BCUT2D eigenvalue weighted by Gasteiger charge is 2.20. The van der Waals surface area contributed by atoms with Crippen molar-refractivity contribution in [2.24, 2.45) is 0 Å². The number of hydrogen-bond acceptors (Lipinski definition) is 7. The Balaban J connectivity index is 1.92. The molecule has 0 heterocycles. The van der Waals surface area contributed by atoms with Crippen LogP contribution in [0.15, 0.2) is 66.7 Å². The number of rotatable bonds is 12. The minimum absolute atomic E-state index is 0.0359. The fourth-order valence-electron chi connectivity index (χ4n) is 3.62. The van der Waals surface area contributed by atoms with Crippen LogP contribution in [0, 0.1) is 0 Å². The van der Waals surface area contributed by atoms with Gasteiger partial charge in [-0.05, 0) is 48.9 Å². The lowest BCUT2D eigenvalue weighted by molar-refractivity contribution is -0.144. The number of hydrogen-bond donors (Lipinski definition) is 1. The van der Waals surface area contributed by atoms with E-state index in [1.165, 1.54) is 6.07 Å². The highest BCUT2D eigenvalue weighted by atomic mass is 16.5. The molecular formula is C27H29NO7. The monoisotopic (exact) mass is 479 g/mol. The second kappa shape index (κ2) is 12.4. The number of carboxylic acid groups (broad SMARTS) is 1. The summed E-state index contributed by atoms with van der Waals surface area (Å²) in [4.78, 5) is 26.1. The van der Waals surface area contributed by atoms with Crippen LogP contribution >= 0.6 is 0 Å². The van der Waals surface area contributed by atoms with Gasteiger partial charge in [-0.25, -0.2) is 4.79 Å². The summed E-state index contributed by atoms with van der Waals surface area (Å²) in [6.45, 7) is 2.43. The maximum Gasteiger partial charge on any atom is 0.336 e. The molecule has 1 N–H and O–H groups in total. The van der Waals surface area contributed by atoms with Crippen molar-refractivity contribution in [3.8, 4) is 23.0 Å². The number of para-hydroxylation sites is 1. The van der Waals surface area contributed by atoms with Crippen LogP contribution < -0.4 is 14.2 Å². The molecule has 0 spiro atoms. The molecule has 0 aromatic heterocycles. The maximum absolute atomic E-state index is 12.4. The van der Waals surface area contributed by atoms with E-state index in [1.807, 2.05) is 36.4 Å². The highest BCUT2D eigenvalue weighted by Crippen LogP contribution is 2.28. The standard InChI is InChI=1S/C27H29NO7/c1-4-34-26(29)18-28(16-19-10-11-22(32-2)15-25(19)33-3)17-20-14-23(12-13-24(20)27(30)31)35-21-8-6-5-7-9-21/h5-15H,4,16-18H2,1-3H3,(H,30,31). The minimum Gasteiger partial charge on any atom is -0.497 e. The number of carboxylic acids is 1. The van der Waals surface area contributed by atoms with E-state index in [2.05, 4.69) is 0 Å². The molecule has 0 aliphatic heterocycles. The molecule has 0 amide bonds. The Bertz CT molecular complexity index is 1150. The van der Waals surface area contributed by atoms with Crippen LogP contribution in [0.2, 0.25) is 0 Å². The van der Waals surface area contributed by atoms with Gasteiger partial charge in [-0.2, -0.15) is 0 Å². The molecule has 0 saturated heterocycles. The second-order valence-electron chi connectivity index (χ2n) is 7.67. The third-order valence-corrected chi connectivity index (χ3v) is 5.23. The molecule has 0 unspecified atom stereocenters. The highest BCUT2D eigenvalue weighted by molar-refractivity contribution is 5.89. The number of nitrogens with zero attached hydrogens (tertiary/aromatic N) is 1. The van der Waals surface area contributed by atoms with Crippen LogP contribution in [0.1, 0.15) is 28.4 Å². The molecule has 184 valence electrons. The Labute approximate surface area is 204 Å². The molecule has 35 heavy (non-hydrogen) atoms. The normalized spacial score (nSPS) is 10.6. The Morgan fingerprint density at radius 3 is 2.20 bits per heavy atom. The lowest BCUT2D eigenvalue weighted by Crippen LogP contribution is -2.31. The fraction of sp³-hybridized carbons (Fsp3) is 0.259. The third-order valence-electron chi connectivity index (χ3n) is 5.23. The topological polar surface area (TPSA) is 94.5 Å². The molecular weight excluding hydrogens is 450 g/mol. The fourth-order valence-corrected chi connectivity index (χ4v) is 3.62. The van der Waals surface area contributed by atoms with Gasteiger partial charge in [0.05, 0.1) is 32.9 Å². The number of carbonyl (C=O) groups excluding carboxylic acids is 1. The molecule has 0 fully saturated rings. The SMILES string of the molecule is CCOC(=O)CN(Cc1ccc(OC)cc1OC)Cc1cc(Oc2ccccc2)ccc1C(=O)O. The predicted octanol–water partition coefficient (Wildman–Crippen LogP) is 4.76. The maximum atomic E-state index is 12.4. The number of aromatic carboxylic acids is 1. The first-order chi connectivity index (χ1) is 16.9. The summed E-state index contributed by atoms with van der Waals surface area (Å²) in [5.74, 6) is 0.888. The van der Waals surface area contributed by atoms with Crippen molar-refractivity contribution in [1.82, 2.24) is 4.90 Å². The molecule has 3 aromatic carbocycles. The van der Waals surface area contributed by atoms with Crippen LogP contribution in [0.5, 0.6) is 23.0 Å². The van der Waals surface area contributed by atoms with Crippen LogP contribution in [-0.2, 0) is 22.6 Å². The Morgan fingerprint density at radius 2 is 1.54 bits per heavy atom. The smallest absolute Gasteiger partial charge is 0.336 e. The number of methoxy groups -OCH3 is 2. The molecule has 3 rings (SSSR count). The molecule has 8 nitrogen and oxygen atoms in total. The van der Waals surface area contributed by atoms with E-state index in [-0.39, 0.29) is 25.3 Å². The van der Waals surface area contributed by atoms with Crippen molar-refractivity contribution in [1.29, 1.82) is 0 Å². The first kappa shape index (κ1) is 25.6. The number of benzene rings is 3. The van der Waals surface area contributed by atoms with E-state index >= 15 is 0 Å². The number of esters is 1. The molecule has 0 atom stereocenters. The van der Waals surface area contributed by atoms with Gasteiger partial charge < -0.3 is 24.1 Å². The van der Waals surface area contributed by atoms with Crippen molar-refractivity contribution in [2.75, 3.05) is 27.4 Å². The first-order valence-corrected chi connectivity index (χ1v) is 11.1. The molecule has 3 aromatic rings. The number of carbonyl (C=O) groups is 2. The van der Waals surface area contributed by atoms with Crippen LogP contribution in [0.4, 0.5) is 0 Å². The Hall–Kier alpha value is -4.04. The lowest BCUT2D eigenvalue weighted by Gasteiger charge is -2.24. The molecule has 0 bridgehead atoms. The van der Waals surface area contributed by atoms with Crippen LogP contribution in [-0.4, -0.2) is 49.3 Å². The van der Waals surface area contributed by atoms with E-state index in [0.717, 1.165) is 5.56 Å². The van der Waals surface area contributed by atoms with E-state index in [9.17, 15) is 14.7 Å². The molecule has 0 saturated carbocycles. The van der Waals surface area contributed by atoms with Crippen molar-refractivity contribution < 1.29 is 33.6 Å². The zero-order valence-corrected chi connectivity index (χ0v) is 20.0. The summed E-state index contributed by atoms with van der Waals surface area (Å²) < 4.78 is 21.8. The van der Waals surface area contributed by atoms with Gasteiger partial charge in [0.15, 0.2) is 0 Å². The van der Waals surface area contributed by atoms with E-state index < -0.39 is 11.9 Å². The van der Waals surface area contributed by atoms with Gasteiger partial charge in [0.25, 0.3) is 0 Å². The van der Waals surface area contributed by atoms with Gasteiger partial charge in [-0.3, -0.25) is 9.69 Å². The van der Waals surface area contributed by atoms with E-state index in [4.69, 9.17) is 18.9 Å². The summed E-state index contributed by atoms with van der Waals surface area (Å²) >= 11 is 0. The quantitative estimate of drug-likeness (QED) is 0.372. The van der Waals surface area contributed by atoms with E-state index in [1.54, 1.807) is 50.3 Å². The van der Waals surface area contributed by atoms with Gasteiger partial charge in [-0.1, -0.05) is 24.3 Å². The van der Waals surface area contributed by atoms with Gasteiger partial charge in [0.2, 0.25) is 0 Å². The molecule has 0 aliphatic carbocycles. The molecule has 0 aliphatic rings. The molecule has 8 heteroatoms. The van der Waals surface area contributed by atoms with Gasteiger partial charge in [0.1, 0.15) is 23.0 Å². The summed E-state index contributed by atoms with van der Waals surface area (Å²) in [6.07, 6.45) is 0. The summed E-state index contributed by atoms with van der Waals surface area (Å²) in [7, 11) is 3.13. The summed E-state index contributed by atoms with van der Waals surface area (Å²) in [5, 5.41) is 9.77. The van der Waals surface area contributed by atoms with Gasteiger partial charge in [0, 0.05) is 24.7 Å². The summed E-state index contributed by atoms with van der Waals surface area (Å²) in [5.41, 5.74) is 1.44. The molecule has 0 radical (unpaired) electrons. The van der Waals surface area contributed by atoms with Crippen LogP contribution in [0.3, 0.4) is 0 Å². The zero-order valence-electron chi connectivity index (χ0n) is 20.0. The van der Waals surface area contributed by atoms with Crippen LogP contribution in [0.25, 0.3) is 0 Å². The largest absolute Gasteiger partial charge is 0.497 e. The van der Waals surface area contributed by atoms with E-state index in [0.29, 0.717) is 35.1 Å². The second-order valence-corrected chi connectivity index (χ2v) is 7.67. The average Bonchev–Trinajstić information content (AvgIpc) is 2.85. The van der Waals surface area contributed by atoms with Crippen molar-refractivity contribution in [3.63, 3.8) is 0 Å². The van der Waals surface area contributed by atoms with Crippen molar-refractivity contribution >= 4 is 11.9 Å². The number of ether oxygens (including phenoxy) is 4. The van der Waals surface area contributed by atoms with Crippen molar-refractivity contribution in [2.45, 2.75) is 20.0 Å². The summed E-state index contributed by atoms with van der Waals surface area (Å²) in [6, 6.07) is 19.4. The van der Waals surface area contributed by atoms with Gasteiger partial charge in [-0.15, -0.1) is 0 Å². The Kier molecular flexibility index (Phi) is 9.09. The third kappa shape index (κ3) is 7.22. The minimum atomic E-state index is -1.07. The van der Waals surface area contributed by atoms with Gasteiger partial charge >= 0.3 is 11.9 Å².